The van der Waals surface area contributed by atoms with Crippen molar-refractivity contribution in [2.24, 2.45) is 4.99 Å². The van der Waals surface area contributed by atoms with Crippen LogP contribution in [0.4, 0.5) is 8.78 Å². The second kappa shape index (κ2) is 7.71. The van der Waals surface area contributed by atoms with Gasteiger partial charge < -0.3 is 15.1 Å². The summed E-state index contributed by atoms with van der Waals surface area (Å²) < 4.78 is 32.5. The van der Waals surface area contributed by atoms with Crippen LogP contribution >= 0.6 is 0 Å². The van der Waals surface area contributed by atoms with Crippen LogP contribution in [0.25, 0.3) is 0 Å². The standard InChI is InChI=1S/C16H20F2N4O/c1-10-11(2)23-15(22-10)9-21-16(19-3)20-8-7-12-13(17)5-4-6-14(12)18/h4-6H,7-9H2,1-3H3,(H2,19,20,21). The second-order valence-corrected chi connectivity index (χ2v) is 5.05. The molecule has 0 amide bonds. The van der Waals surface area contributed by atoms with E-state index in [1.165, 1.54) is 18.2 Å². The highest BCUT2D eigenvalue weighted by atomic mass is 19.1. The molecule has 0 aliphatic rings. The lowest BCUT2D eigenvalue weighted by Crippen LogP contribution is -2.38. The van der Waals surface area contributed by atoms with Gasteiger partial charge in [0, 0.05) is 19.2 Å². The van der Waals surface area contributed by atoms with Crippen LogP contribution in [-0.2, 0) is 13.0 Å². The van der Waals surface area contributed by atoms with Gasteiger partial charge in [-0.1, -0.05) is 6.07 Å². The van der Waals surface area contributed by atoms with Crippen molar-refractivity contribution in [3.63, 3.8) is 0 Å². The molecule has 0 fully saturated rings. The number of halogens is 2. The molecule has 1 aromatic heterocycles. The molecule has 0 atom stereocenters. The molecule has 7 heteroatoms. The van der Waals surface area contributed by atoms with Gasteiger partial charge in [-0.05, 0) is 32.4 Å². The van der Waals surface area contributed by atoms with Gasteiger partial charge in [-0.3, -0.25) is 4.99 Å². The predicted octanol–water partition coefficient (Wildman–Crippen LogP) is 2.48. The van der Waals surface area contributed by atoms with E-state index < -0.39 is 11.6 Å². The lowest BCUT2D eigenvalue weighted by atomic mass is 10.1. The van der Waals surface area contributed by atoms with E-state index in [-0.39, 0.29) is 12.0 Å². The van der Waals surface area contributed by atoms with Gasteiger partial charge in [-0.25, -0.2) is 13.8 Å². The van der Waals surface area contributed by atoms with E-state index >= 15 is 0 Å². The molecule has 1 aromatic carbocycles. The fourth-order valence-electron chi connectivity index (χ4n) is 2.07. The number of hydrogen-bond donors (Lipinski definition) is 2. The van der Waals surface area contributed by atoms with E-state index in [1.54, 1.807) is 7.05 Å². The Morgan fingerprint density at radius 1 is 1.22 bits per heavy atom. The van der Waals surface area contributed by atoms with Gasteiger partial charge >= 0.3 is 0 Å². The molecule has 23 heavy (non-hydrogen) atoms. The number of aliphatic imine (C=N–C) groups is 1. The van der Waals surface area contributed by atoms with Crippen LogP contribution in [0.5, 0.6) is 0 Å². The molecule has 0 saturated heterocycles. The molecule has 0 aliphatic carbocycles. The largest absolute Gasteiger partial charge is 0.444 e. The molecule has 0 saturated carbocycles. The van der Waals surface area contributed by atoms with Gasteiger partial charge in [0.2, 0.25) is 5.89 Å². The first-order valence-electron chi connectivity index (χ1n) is 7.31. The monoisotopic (exact) mass is 322 g/mol. The Hall–Kier alpha value is -2.44. The second-order valence-electron chi connectivity index (χ2n) is 5.05. The minimum absolute atomic E-state index is 0.0643. The molecule has 5 nitrogen and oxygen atoms in total. The highest BCUT2D eigenvalue weighted by molar-refractivity contribution is 5.79. The van der Waals surface area contributed by atoms with Crippen LogP contribution in [0.2, 0.25) is 0 Å². The van der Waals surface area contributed by atoms with Crippen molar-refractivity contribution in [3.05, 3.63) is 52.7 Å². The van der Waals surface area contributed by atoms with Crippen molar-refractivity contribution in [1.82, 2.24) is 15.6 Å². The maximum absolute atomic E-state index is 13.5. The summed E-state index contributed by atoms with van der Waals surface area (Å²) >= 11 is 0. The number of guanidine groups is 1. The molecule has 0 unspecified atom stereocenters. The maximum atomic E-state index is 13.5. The van der Waals surface area contributed by atoms with Crippen LogP contribution < -0.4 is 10.6 Å². The smallest absolute Gasteiger partial charge is 0.214 e. The number of oxazole rings is 1. The van der Waals surface area contributed by atoms with Crippen LogP contribution in [0, 0.1) is 25.5 Å². The van der Waals surface area contributed by atoms with Crippen molar-refractivity contribution in [2.45, 2.75) is 26.8 Å². The normalized spacial score (nSPS) is 11.6. The van der Waals surface area contributed by atoms with Gasteiger partial charge in [-0.15, -0.1) is 0 Å². The molecule has 0 radical (unpaired) electrons. The van der Waals surface area contributed by atoms with E-state index in [4.69, 9.17) is 4.42 Å². The number of aromatic nitrogens is 1. The highest BCUT2D eigenvalue weighted by Gasteiger charge is 2.09. The number of rotatable bonds is 5. The zero-order valence-corrected chi connectivity index (χ0v) is 13.4. The Balaban J connectivity index is 1.83. The summed E-state index contributed by atoms with van der Waals surface area (Å²) in [6, 6.07) is 3.85. The van der Waals surface area contributed by atoms with Gasteiger partial charge in [0.25, 0.3) is 0 Å². The van der Waals surface area contributed by atoms with E-state index in [0.717, 1.165) is 11.5 Å². The summed E-state index contributed by atoms with van der Waals surface area (Å²) in [4.78, 5) is 8.30. The molecular formula is C16H20F2N4O. The Labute approximate surface area is 133 Å². The number of nitrogens with zero attached hydrogens (tertiary/aromatic N) is 2. The third-order valence-corrected chi connectivity index (χ3v) is 3.43. The molecule has 0 aliphatic heterocycles. The van der Waals surface area contributed by atoms with Crippen molar-refractivity contribution in [3.8, 4) is 0 Å². The van der Waals surface area contributed by atoms with Gasteiger partial charge in [0.15, 0.2) is 5.96 Å². The number of nitrogens with one attached hydrogen (secondary N) is 2. The quantitative estimate of drug-likeness (QED) is 0.656. The van der Waals surface area contributed by atoms with Crippen molar-refractivity contribution in [2.75, 3.05) is 13.6 Å². The minimum Gasteiger partial charge on any atom is -0.444 e. The molecular weight excluding hydrogens is 302 g/mol. The van der Waals surface area contributed by atoms with Crippen LogP contribution in [0.3, 0.4) is 0 Å². The van der Waals surface area contributed by atoms with E-state index in [9.17, 15) is 8.78 Å². The Kier molecular flexibility index (Phi) is 5.67. The van der Waals surface area contributed by atoms with Gasteiger partial charge in [0.1, 0.15) is 17.4 Å². The van der Waals surface area contributed by atoms with Crippen molar-refractivity contribution in [1.29, 1.82) is 0 Å². The molecule has 0 spiro atoms. The van der Waals surface area contributed by atoms with Gasteiger partial charge in [0.05, 0.1) is 12.2 Å². The number of hydrogen-bond acceptors (Lipinski definition) is 3. The SMILES string of the molecule is CN=C(NCCc1c(F)cccc1F)NCc1nc(C)c(C)o1. The Morgan fingerprint density at radius 2 is 1.91 bits per heavy atom. The minimum atomic E-state index is -0.541. The van der Waals surface area contributed by atoms with E-state index in [2.05, 4.69) is 20.6 Å². The Morgan fingerprint density at radius 3 is 2.48 bits per heavy atom. The van der Waals surface area contributed by atoms with E-state index in [0.29, 0.717) is 24.9 Å². The van der Waals surface area contributed by atoms with Crippen LogP contribution in [-0.4, -0.2) is 24.5 Å². The summed E-state index contributed by atoms with van der Waals surface area (Å²) in [6.07, 6.45) is 0.219. The average molecular weight is 322 g/mol. The van der Waals surface area contributed by atoms with Crippen LogP contribution in [0.1, 0.15) is 22.9 Å². The van der Waals surface area contributed by atoms with Crippen molar-refractivity contribution < 1.29 is 13.2 Å². The number of aryl methyl sites for hydroxylation is 2. The zero-order valence-electron chi connectivity index (χ0n) is 13.4. The van der Waals surface area contributed by atoms with Crippen LogP contribution in [0.15, 0.2) is 27.6 Å². The zero-order chi connectivity index (χ0) is 16.8. The fraction of sp³-hybridized carbons (Fsp3) is 0.375. The number of benzene rings is 1. The maximum Gasteiger partial charge on any atom is 0.214 e. The summed E-state index contributed by atoms with van der Waals surface area (Å²) in [5.41, 5.74) is 0.911. The van der Waals surface area contributed by atoms with Gasteiger partial charge in [-0.2, -0.15) is 0 Å². The third kappa shape index (κ3) is 4.51. The lowest BCUT2D eigenvalue weighted by Gasteiger charge is -2.11. The molecule has 2 aromatic rings. The summed E-state index contributed by atoms with van der Waals surface area (Å²) in [7, 11) is 1.62. The molecule has 0 bridgehead atoms. The fourth-order valence-corrected chi connectivity index (χ4v) is 2.07. The van der Waals surface area contributed by atoms with Crippen molar-refractivity contribution >= 4 is 5.96 Å². The topological polar surface area (TPSA) is 62.5 Å². The Bertz CT molecular complexity index is 658. The first kappa shape index (κ1) is 16.9. The first-order valence-corrected chi connectivity index (χ1v) is 7.31. The molecule has 124 valence electrons. The molecule has 2 rings (SSSR count). The summed E-state index contributed by atoms with van der Waals surface area (Å²) in [5.74, 6) is 0.763. The summed E-state index contributed by atoms with van der Waals surface area (Å²) in [5, 5.41) is 6.04. The lowest BCUT2D eigenvalue weighted by molar-refractivity contribution is 0.463. The average Bonchev–Trinajstić information content (AvgIpc) is 2.84. The predicted molar refractivity (Wildman–Crippen MR) is 84.2 cm³/mol. The third-order valence-electron chi connectivity index (χ3n) is 3.43. The summed E-state index contributed by atoms with van der Waals surface area (Å²) in [6.45, 7) is 4.45. The van der Waals surface area contributed by atoms with E-state index in [1.807, 2.05) is 13.8 Å². The first-order chi connectivity index (χ1) is 11.0. The molecule has 2 N–H and O–H groups in total. The highest BCUT2D eigenvalue weighted by Crippen LogP contribution is 2.12. The molecule has 1 heterocycles.